The minimum atomic E-state index is -3.41. The van der Waals surface area contributed by atoms with E-state index < -0.39 is 10.0 Å². The van der Waals surface area contributed by atoms with Crippen LogP contribution in [0.4, 0.5) is 0 Å². The van der Waals surface area contributed by atoms with Crippen LogP contribution >= 0.6 is 15.9 Å². The average molecular weight is 308 g/mol. The minimum Gasteiger partial charge on any atom is -0.339 e. The maximum atomic E-state index is 12.2. The molecule has 1 saturated heterocycles. The molecule has 0 radical (unpaired) electrons. The Hall–Kier alpha value is -0.400. The first kappa shape index (κ1) is 12.1. The van der Waals surface area contributed by atoms with E-state index in [4.69, 9.17) is 0 Å². The van der Waals surface area contributed by atoms with Gasteiger partial charge in [-0.1, -0.05) is 15.9 Å². The van der Waals surface area contributed by atoms with Gasteiger partial charge in [0.15, 0.2) is 5.03 Å². The number of hydrogen-bond donors (Lipinski definition) is 0. The Balaban J connectivity index is 2.32. The second kappa shape index (κ2) is 4.46. The van der Waals surface area contributed by atoms with E-state index in [1.165, 1.54) is 6.33 Å². The predicted molar refractivity (Wildman–Crippen MR) is 63.9 cm³/mol. The fraction of sp³-hybridized carbons (Fsp3) is 0.667. The van der Waals surface area contributed by atoms with Gasteiger partial charge in [-0.3, -0.25) is 0 Å². The van der Waals surface area contributed by atoms with Crippen molar-refractivity contribution in [2.75, 3.05) is 11.9 Å². The Morgan fingerprint density at radius 3 is 2.94 bits per heavy atom. The van der Waals surface area contributed by atoms with Crippen LogP contribution in [-0.2, 0) is 17.1 Å². The maximum absolute atomic E-state index is 12.2. The Bertz CT molecular complexity index is 471. The van der Waals surface area contributed by atoms with Crippen LogP contribution in [-0.4, -0.2) is 40.2 Å². The first-order valence-corrected chi connectivity index (χ1v) is 7.67. The molecule has 0 aliphatic carbocycles. The third-order valence-electron chi connectivity index (χ3n) is 2.76. The molecule has 0 spiro atoms. The van der Waals surface area contributed by atoms with Crippen molar-refractivity contribution in [2.24, 2.45) is 7.05 Å². The highest BCUT2D eigenvalue weighted by atomic mass is 79.9. The van der Waals surface area contributed by atoms with Gasteiger partial charge in [0.1, 0.15) is 0 Å². The molecule has 0 N–H and O–H groups in total. The molecule has 1 aromatic heterocycles. The Morgan fingerprint density at radius 2 is 2.38 bits per heavy atom. The smallest absolute Gasteiger partial charge is 0.262 e. The largest absolute Gasteiger partial charge is 0.339 e. The van der Waals surface area contributed by atoms with E-state index in [2.05, 4.69) is 20.9 Å². The SMILES string of the molecule is Cn1cnc(S(=O)(=O)N2CCCC2CBr)c1. The van der Waals surface area contributed by atoms with Crippen molar-refractivity contribution in [3.63, 3.8) is 0 Å². The number of sulfonamides is 1. The molecule has 7 heteroatoms. The number of aryl methyl sites for hydroxylation is 1. The van der Waals surface area contributed by atoms with E-state index in [0.717, 1.165) is 12.8 Å². The predicted octanol–water partition coefficient (Wildman–Crippen LogP) is 0.968. The summed E-state index contributed by atoms with van der Waals surface area (Å²) >= 11 is 3.36. The molecule has 0 aromatic carbocycles. The molecular weight excluding hydrogens is 294 g/mol. The summed E-state index contributed by atoms with van der Waals surface area (Å²) < 4.78 is 27.7. The molecule has 90 valence electrons. The fourth-order valence-electron chi connectivity index (χ4n) is 1.92. The quantitative estimate of drug-likeness (QED) is 0.782. The molecule has 5 nitrogen and oxygen atoms in total. The molecule has 1 unspecified atom stereocenters. The van der Waals surface area contributed by atoms with Crippen molar-refractivity contribution >= 4 is 26.0 Å². The molecule has 1 fully saturated rings. The lowest BCUT2D eigenvalue weighted by Gasteiger charge is -2.20. The zero-order valence-electron chi connectivity index (χ0n) is 9.00. The molecule has 0 saturated carbocycles. The Labute approximate surface area is 104 Å². The van der Waals surface area contributed by atoms with Crippen LogP contribution in [0.5, 0.6) is 0 Å². The van der Waals surface area contributed by atoms with Gasteiger partial charge in [0.2, 0.25) is 0 Å². The summed E-state index contributed by atoms with van der Waals surface area (Å²) in [5.74, 6) is 0. The first-order valence-electron chi connectivity index (χ1n) is 5.11. The van der Waals surface area contributed by atoms with E-state index in [1.54, 1.807) is 22.1 Å². The highest BCUT2D eigenvalue weighted by molar-refractivity contribution is 9.09. The van der Waals surface area contributed by atoms with E-state index in [-0.39, 0.29) is 11.1 Å². The van der Waals surface area contributed by atoms with E-state index in [0.29, 0.717) is 11.9 Å². The summed E-state index contributed by atoms with van der Waals surface area (Å²) in [6, 6.07) is 0.0620. The van der Waals surface area contributed by atoms with Crippen molar-refractivity contribution in [1.82, 2.24) is 13.9 Å². The number of halogens is 1. The van der Waals surface area contributed by atoms with Crippen molar-refractivity contribution in [3.8, 4) is 0 Å². The van der Waals surface area contributed by atoms with Gasteiger partial charge in [-0.25, -0.2) is 13.4 Å². The molecule has 1 aliphatic rings. The van der Waals surface area contributed by atoms with Crippen molar-refractivity contribution in [2.45, 2.75) is 23.9 Å². The van der Waals surface area contributed by atoms with Crippen molar-refractivity contribution < 1.29 is 8.42 Å². The Kier molecular flexibility index (Phi) is 3.37. The van der Waals surface area contributed by atoms with Gasteiger partial charge in [0.05, 0.1) is 6.33 Å². The fourth-order valence-corrected chi connectivity index (χ4v) is 4.45. The van der Waals surface area contributed by atoms with E-state index in [1.807, 2.05) is 0 Å². The number of alkyl halides is 1. The average Bonchev–Trinajstić information content (AvgIpc) is 2.85. The monoisotopic (exact) mass is 307 g/mol. The summed E-state index contributed by atoms with van der Waals surface area (Å²) in [6.07, 6.45) is 4.88. The van der Waals surface area contributed by atoms with Crippen molar-refractivity contribution in [3.05, 3.63) is 12.5 Å². The summed E-state index contributed by atoms with van der Waals surface area (Å²) in [5, 5.41) is 0.821. The zero-order chi connectivity index (χ0) is 11.8. The minimum absolute atomic E-state index is 0.0620. The van der Waals surface area contributed by atoms with Gasteiger partial charge in [0.25, 0.3) is 10.0 Å². The highest BCUT2D eigenvalue weighted by Crippen LogP contribution is 2.25. The van der Waals surface area contributed by atoms with Crippen LogP contribution in [0.3, 0.4) is 0 Å². The molecule has 0 bridgehead atoms. The van der Waals surface area contributed by atoms with Crippen LogP contribution in [0.15, 0.2) is 17.6 Å². The second-order valence-corrected chi connectivity index (χ2v) is 6.43. The van der Waals surface area contributed by atoms with Gasteiger partial charge in [-0.05, 0) is 12.8 Å². The summed E-state index contributed by atoms with van der Waals surface area (Å²) in [7, 11) is -1.65. The summed E-state index contributed by atoms with van der Waals surface area (Å²) in [6.45, 7) is 0.592. The maximum Gasteiger partial charge on any atom is 0.262 e. The molecule has 1 aliphatic heterocycles. The lowest BCUT2D eigenvalue weighted by Crippen LogP contribution is -2.36. The first-order chi connectivity index (χ1) is 7.55. The molecule has 1 atom stereocenters. The third-order valence-corrected chi connectivity index (χ3v) is 5.34. The van der Waals surface area contributed by atoms with E-state index in [9.17, 15) is 8.42 Å². The number of rotatable bonds is 3. The number of hydrogen-bond acceptors (Lipinski definition) is 3. The van der Waals surface area contributed by atoms with Gasteiger partial charge in [-0.2, -0.15) is 4.31 Å². The van der Waals surface area contributed by atoms with Gasteiger partial charge < -0.3 is 4.57 Å². The van der Waals surface area contributed by atoms with Crippen LogP contribution in [0, 0.1) is 0 Å². The molecular formula is C9H14BrN3O2S. The summed E-state index contributed by atoms with van der Waals surface area (Å²) in [5.41, 5.74) is 0. The van der Waals surface area contributed by atoms with Gasteiger partial charge in [0, 0.05) is 31.2 Å². The van der Waals surface area contributed by atoms with Crippen molar-refractivity contribution in [1.29, 1.82) is 0 Å². The van der Waals surface area contributed by atoms with Gasteiger partial charge >= 0.3 is 0 Å². The molecule has 2 rings (SSSR count). The second-order valence-electron chi connectivity index (χ2n) is 3.94. The Morgan fingerprint density at radius 1 is 1.62 bits per heavy atom. The third kappa shape index (κ3) is 2.03. The molecule has 16 heavy (non-hydrogen) atoms. The van der Waals surface area contributed by atoms with E-state index >= 15 is 0 Å². The van der Waals surface area contributed by atoms with Crippen LogP contribution < -0.4 is 0 Å². The summed E-state index contributed by atoms with van der Waals surface area (Å²) in [4.78, 5) is 3.92. The molecule has 0 amide bonds. The van der Waals surface area contributed by atoms with Gasteiger partial charge in [-0.15, -0.1) is 0 Å². The molecule has 1 aromatic rings. The van der Waals surface area contributed by atoms with Crippen LogP contribution in [0.2, 0.25) is 0 Å². The number of nitrogens with zero attached hydrogens (tertiary/aromatic N) is 3. The standard InChI is InChI=1S/C9H14BrN3O2S/c1-12-6-9(11-7-12)16(14,15)13-4-2-3-8(13)5-10/h6-8H,2-5H2,1H3. The zero-order valence-corrected chi connectivity index (χ0v) is 11.4. The number of aromatic nitrogens is 2. The topological polar surface area (TPSA) is 55.2 Å². The highest BCUT2D eigenvalue weighted by Gasteiger charge is 2.35. The lowest BCUT2D eigenvalue weighted by molar-refractivity contribution is 0.412. The number of imidazole rings is 1. The van der Waals surface area contributed by atoms with Crippen LogP contribution in [0.25, 0.3) is 0 Å². The normalized spacial score (nSPS) is 22.8. The van der Waals surface area contributed by atoms with Crippen LogP contribution in [0.1, 0.15) is 12.8 Å². The lowest BCUT2D eigenvalue weighted by atomic mass is 10.3. The molecule has 2 heterocycles.